The van der Waals surface area contributed by atoms with E-state index in [1.54, 1.807) is 0 Å². The number of nitrogens with two attached hydrogens (primary N) is 1. The second-order valence-electron chi connectivity index (χ2n) is 4.71. The van der Waals surface area contributed by atoms with Crippen molar-refractivity contribution >= 4 is 11.7 Å². The summed E-state index contributed by atoms with van der Waals surface area (Å²) in [4.78, 5) is 15.7. The molecular formula is C10H19N3O. The van der Waals surface area contributed by atoms with Crippen LogP contribution < -0.4 is 11.1 Å². The van der Waals surface area contributed by atoms with Crippen LogP contribution in [0.1, 0.15) is 33.6 Å². The Hall–Kier alpha value is -1.06. The summed E-state index contributed by atoms with van der Waals surface area (Å²) in [5, 5.41) is 2.79. The van der Waals surface area contributed by atoms with E-state index in [0.717, 1.165) is 19.4 Å². The Balaban J connectivity index is 2.70. The van der Waals surface area contributed by atoms with Crippen molar-refractivity contribution in [2.24, 2.45) is 16.1 Å². The van der Waals surface area contributed by atoms with Crippen LogP contribution in [0.4, 0.5) is 0 Å². The predicted molar refractivity (Wildman–Crippen MR) is 57.1 cm³/mol. The molecule has 1 aliphatic heterocycles. The van der Waals surface area contributed by atoms with Crippen LogP contribution in [-0.2, 0) is 4.79 Å². The summed E-state index contributed by atoms with van der Waals surface area (Å²) >= 11 is 0. The van der Waals surface area contributed by atoms with Crippen LogP contribution in [0.2, 0.25) is 0 Å². The molecule has 80 valence electrons. The van der Waals surface area contributed by atoms with E-state index < -0.39 is 0 Å². The standard InChI is InChI=1S/C10H19N3O/c1-10(2,3)9(11)13-7-5-4-6-12-8(7)14/h7H,4-6H2,1-3H3,(H2,11,13)(H,12,14). The number of piperidine rings is 1. The topological polar surface area (TPSA) is 67.5 Å². The number of amides is 1. The SMILES string of the molecule is CC(C)(C)C(N)=NC1CCCNC1=O. The lowest BCUT2D eigenvalue weighted by molar-refractivity contribution is -0.123. The van der Waals surface area contributed by atoms with E-state index in [4.69, 9.17) is 5.73 Å². The minimum Gasteiger partial charge on any atom is -0.387 e. The molecule has 3 N–H and O–H groups in total. The fourth-order valence-electron chi connectivity index (χ4n) is 1.24. The van der Waals surface area contributed by atoms with Crippen LogP contribution in [0.25, 0.3) is 0 Å². The zero-order chi connectivity index (χ0) is 10.8. The quantitative estimate of drug-likeness (QED) is 0.479. The van der Waals surface area contributed by atoms with E-state index in [-0.39, 0.29) is 17.4 Å². The van der Waals surface area contributed by atoms with Gasteiger partial charge in [-0.3, -0.25) is 9.79 Å². The fourth-order valence-corrected chi connectivity index (χ4v) is 1.24. The lowest BCUT2D eigenvalue weighted by Gasteiger charge is -2.23. The van der Waals surface area contributed by atoms with Crippen molar-refractivity contribution in [2.75, 3.05) is 6.54 Å². The zero-order valence-electron chi connectivity index (χ0n) is 9.13. The normalized spacial score (nSPS) is 24.6. The molecule has 0 radical (unpaired) electrons. The summed E-state index contributed by atoms with van der Waals surface area (Å²) in [6.07, 6.45) is 1.79. The van der Waals surface area contributed by atoms with Gasteiger partial charge in [0.05, 0.1) is 0 Å². The number of aliphatic imine (C=N–C) groups is 1. The Kier molecular flexibility index (Phi) is 3.13. The predicted octanol–water partition coefficient (Wildman–Crippen LogP) is 0.668. The highest BCUT2D eigenvalue weighted by Gasteiger charge is 2.24. The molecule has 0 saturated carbocycles. The molecule has 0 bridgehead atoms. The number of amidine groups is 1. The average Bonchev–Trinajstić information content (AvgIpc) is 2.07. The molecule has 1 amide bonds. The first-order valence-corrected chi connectivity index (χ1v) is 5.03. The number of carbonyl (C=O) groups is 1. The van der Waals surface area contributed by atoms with Gasteiger partial charge in [-0.15, -0.1) is 0 Å². The van der Waals surface area contributed by atoms with Crippen LogP contribution >= 0.6 is 0 Å². The molecule has 0 aromatic heterocycles. The van der Waals surface area contributed by atoms with Crippen molar-refractivity contribution in [3.05, 3.63) is 0 Å². The van der Waals surface area contributed by atoms with Crippen molar-refractivity contribution in [2.45, 2.75) is 39.7 Å². The van der Waals surface area contributed by atoms with E-state index in [1.807, 2.05) is 20.8 Å². The number of nitrogens with one attached hydrogen (secondary N) is 1. The summed E-state index contributed by atoms with van der Waals surface area (Å²) in [6, 6.07) is -0.275. The lowest BCUT2D eigenvalue weighted by Crippen LogP contribution is -2.41. The molecule has 0 aromatic carbocycles. The van der Waals surface area contributed by atoms with Gasteiger partial charge in [0.1, 0.15) is 11.9 Å². The Bertz CT molecular complexity index is 253. The Morgan fingerprint density at radius 2 is 2.21 bits per heavy atom. The first kappa shape index (κ1) is 11.0. The van der Waals surface area contributed by atoms with E-state index in [9.17, 15) is 4.79 Å². The number of hydrogen-bond donors (Lipinski definition) is 2. The van der Waals surface area contributed by atoms with Crippen molar-refractivity contribution in [1.29, 1.82) is 0 Å². The zero-order valence-corrected chi connectivity index (χ0v) is 9.13. The first-order valence-electron chi connectivity index (χ1n) is 5.03. The molecule has 0 aromatic rings. The van der Waals surface area contributed by atoms with Crippen LogP contribution in [-0.4, -0.2) is 24.3 Å². The monoisotopic (exact) mass is 197 g/mol. The molecule has 1 atom stereocenters. The highest BCUT2D eigenvalue weighted by molar-refractivity contribution is 5.90. The summed E-state index contributed by atoms with van der Waals surface area (Å²) in [7, 11) is 0. The van der Waals surface area contributed by atoms with Gasteiger partial charge in [-0.25, -0.2) is 0 Å². The molecule has 1 aliphatic rings. The van der Waals surface area contributed by atoms with Crippen molar-refractivity contribution in [3.63, 3.8) is 0 Å². The van der Waals surface area contributed by atoms with Crippen LogP contribution in [0.3, 0.4) is 0 Å². The third-order valence-electron chi connectivity index (χ3n) is 2.32. The van der Waals surface area contributed by atoms with Gasteiger partial charge in [-0.1, -0.05) is 20.8 Å². The van der Waals surface area contributed by atoms with Gasteiger partial charge in [0.15, 0.2) is 0 Å². The molecule has 1 unspecified atom stereocenters. The highest BCUT2D eigenvalue weighted by Crippen LogP contribution is 2.15. The van der Waals surface area contributed by atoms with Crippen LogP contribution in [0.15, 0.2) is 4.99 Å². The molecule has 4 nitrogen and oxygen atoms in total. The number of carbonyl (C=O) groups excluding carboxylic acids is 1. The fraction of sp³-hybridized carbons (Fsp3) is 0.800. The van der Waals surface area contributed by atoms with E-state index in [1.165, 1.54) is 0 Å². The maximum atomic E-state index is 11.4. The third kappa shape index (κ3) is 2.72. The Morgan fingerprint density at radius 3 is 2.71 bits per heavy atom. The first-order chi connectivity index (χ1) is 6.41. The largest absolute Gasteiger partial charge is 0.387 e. The van der Waals surface area contributed by atoms with Crippen molar-refractivity contribution in [1.82, 2.24) is 5.32 Å². The minimum absolute atomic E-state index is 0.00319. The van der Waals surface area contributed by atoms with E-state index in [0.29, 0.717) is 5.84 Å². The molecular weight excluding hydrogens is 178 g/mol. The van der Waals surface area contributed by atoms with Gasteiger partial charge in [0.2, 0.25) is 5.91 Å². The highest BCUT2D eigenvalue weighted by atomic mass is 16.2. The number of nitrogens with zero attached hydrogens (tertiary/aromatic N) is 1. The third-order valence-corrected chi connectivity index (χ3v) is 2.32. The summed E-state index contributed by atoms with van der Waals surface area (Å²) in [5.74, 6) is 0.558. The number of hydrogen-bond acceptors (Lipinski definition) is 2. The maximum Gasteiger partial charge on any atom is 0.244 e. The van der Waals surface area contributed by atoms with Gasteiger partial charge in [0.25, 0.3) is 0 Å². The van der Waals surface area contributed by atoms with Gasteiger partial charge in [-0.2, -0.15) is 0 Å². The van der Waals surface area contributed by atoms with Gasteiger partial charge in [0, 0.05) is 12.0 Å². The Morgan fingerprint density at radius 1 is 1.57 bits per heavy atom. The second-order valence-corrected chi connectivity index (χ2v) is 4.71. The molecule has 1 rings (SSSR count). The van der Waals surface area contributed by atoms with E-state index >= 15 is 0 Å². The number of rotatable bonds is 1. The molecule has 14 heavy (non-hydrogen) atoms. The van der Waals surface area contributed by atoms with Gasteiger partial charge in [-0.05, 0) is 12.8 Å². The maximum absolute atomic E-state index is 11.4. The van der Waals surface area contributed by atoms with Gasteiger partial charge < -0.3 is 11.1 Å². The molecule has 4 heteroatoms. The summed E-state index contributed by atoms with van der Waals surface area (Å²) < 4.78 is 0. The minimum atomic E-state index is -0.275. The average molecular weight is 197 g/mol. The van der Waals surface area contributed by atoms with Crippen molar-refractivity contribution < 1.29 is 4.79 Å². The lowest BCUT2D eigenvalue weighted by atomic mass is 9.95. The molecule has 0 spiro atoms. The summed E-state index contributed by atoms with van der Waals surface area (Å²) in [6.45, 7) is 6.74. The van der Waals surface area contributed by atoms with Crippen molar-refractivity contribution in [3.8, 4) is 0 Å². The smallest absolute Gasteiger partial charge is 0.244 e. The molecule has 0 aliphatic carbocycles. The van der Waals surface area contributed by atoms with E-state index in [2.05, 4.69) is 10.3 Å². The molecule has 1 fully saturated rings. The van der Waals surface area contributed by atoms with Crippen LogP contribution in [0, 0.1) is 5.41 Å². The molecule has 1 saturated heterocycles. The Labute approximate surface area is 85.0 Å². The summed E-state index contributed by atoms with van der Waals surface area (Å²) in [5.41, 5.74) is 5.66. The van der Waals surface area contributed by atoms with Gasteiger partial charge >= 0.3 is 0 Å². The second kappa shape index (κ2) is 3.98. The van der Waals surface area contributed by atoms with Crippen LogP contribution in [0.5, 0.6) is 0 Å². The molecule has 1 heterocycles.